The summed E-state index contributed by atoms with van der Waals surface area (Å²) in [5.74, 6) is -1.86. The molecule has 8 heteroatoms. The molecule has 0 aliphatic heterocycles. The molecule has 2 unspecified atom stereocenters. The predicted molar refractivity (Wildman–Crippen MR) is 212 cm³/mol. The highest BCUT2D eigenvalue weighted by Crippen LogP contribution is 2.11. The Morgan fingerprint density at radius 2 is 1.12 bits per heavy atom. The second-order valence-electron chi connectivity index (χ2n) is 13.6. The van der Waals surface area contributed by atoms with Crippen LogP contribution in [0.1, 0.15) is 110 Å². The lowest BCUT2D eigenvalue weighted by Gasteiger charge is -2.34. The van der Waals surface area contributed by atoms with E-state index in [-0.39, 0.29) is 55.5 Å². The molecule has 52 heavy (non-hydrogen) atoms. The van der Waals surface area contributed by atoms with Gasteiger partial charge >= 0.3 is 11.9 Å². The molecule has 0 aliphatic carbocycles. The minimum Gasteiger partial charge on any atom is -0.544 e. The molecule has 0 bridgehead atoms. The first-order valence-corrected chi connectivity index (χ1v) is 19.4. The predicted octanol–water partition coefficient (Wildman–Crippen LogP) is 8.62. The van der Waals surface area contributed by atoms with Crippen molar-refractivity contribution in [2.45, 2.75) is 122 Å². The molecule has 0 spiro atoms. The number of carbonyl (C=O) groups excluding carboxylic acids is 3. The van der Waals surface area contributed by atoms with Crippen molar-refractivity contribution >= 4 is 17.9 Å². The summed E-state index contributed by atoms with van der Waals surface area (Å²) in [6, 6.07) is -0.742. The van der Waals surface area contributed by atoms with E-state index in [9.17, 15) is 19.5 Å². The maximum Gasteiger partial charge on any atom is 0.306 e. The number of allylic oxidation sites excluding steroid dienone is 16. The molecule has 8 nitrogen and oxygen atoms in total. The molecule has 0 saturated carbocycles. The van der Waals surface area contributed by atoms with Crippen molar-refractivity contribution in [1.29, 1.82) is 0 Å². The number of aliphatic carboxylic acids is 1. The Morgan fingerprint density at radius 1 is 0.596 bits per heavy atom. The smallest absolute Gasteiger partial charge is 0.306 e. The number of rotatable bonds is 32. The largest absolute Gasteiger partial charge is 0.544 e. The number of hydrogen-bond donors (Lipinski definition) is 0. The summed E-state index contributed by atoms with van der Waals surface area (Å²) >= 11 is 0. The molecule has 0 heterocycles. The summed E-state index contributed by atoms with van der Waals surface area (Å²) in [4.78, 5) is 36.6. The maximum absolute atomic E-state index is 12.6. The van der Waals surface area contributed by atoms with Gasteiger partial charge in [-0.2, -0.15) is 0 Å². The molecular weight excluding hydrogens is 654 g/mol. The fourth-order valence-corrected chi connectivity index (χ4v) is 4.88. The van der Waals surface area contributed by atoms with Crippen molar-refractivity contribution in [3.63, 3.8) is 0 Å². The van der Waals surface area contributed by atoms with Gasteiger partial charge in [-0.15, -0.1) is 0 Å². The average molecular weight is 724 g/mol. The van der Waals surface area contributed by atoms with Gasteiger partial charge in [-0.3, -0.25) is 9.59 Å². The van der Waals surface area contributed by atoms with Gasteiger partial charge in [0.25, 0.3) is 0 Å². The summed E-state index contributed by atoms with van der Waals surface area (Å²) in [7, 11) is 5.35. The second-order valence-corrected chi connectivity index (χ2v) is 13.6. The zero-order chi connectivity index (χ0) is 38.5. The van der Waals surface area contributed by atoms with Crippen molar-refractivity contribution < 1.29 is 38.2 Å². The van der Waals surface area contributed by atoms with Crippen LogP contribution in [0.4, 0.5) is 0 Å². The first-order valence-electron chi connectivity index (χ1n) is 19.4. The third-order valence-corrected chi connectivity index (χ3v) is 7.90. The summed E-state index contributed by atoms with van der Waals surface area (Å²) in [6.45, 7) is 4.35. The van der Waals surface area contributed by atoms with Gasteiger partial charge < -0.3 is 28.6 Å². The summed E-state index contributed by atoms with van der Waals surface area (Å²) < 4.78 is 17.0. The lowest BCUT2D eigenvalue weighted by Crippen LogP contribution is -2.55. The summed E-state index contributed by atoms with van der Waals surface area (Å²) in [6.07, 6.45) is 44.4. The lowest BCUT2D eigenvalue weighted by atomic mass is 10.1. The van der Waals surface area contributed by atoms with Crippen LogP contribution in [0, 0.1) is 0 Å². The van der Waals surface area contributed by atoms with Crippen molar-refractivity contribution in [1.82, 2.24) is 0 Å². The zero-order valence-corrected chi connectivity index (χ0v) is 32.9. The van der Waals surface area contributed by atoms with E-state index >= 15 is 0 Å². The molecule has 0 N–H and O–H groups in total. The Balaban J connectivity index is 4.57. The molecule has 0 fully saturated rings. The fourth-order valence-electron chi connectivity index (χ4n) is 4.88. The molecule has 0 radical (unpaired) electrons. The van der Waals surface area contributed by atoms with Gasteiger partial charge in [0.05, 0.1) is 40.3 Å². The Kier molecular flexibility index (Phi) is 31.9. The van der Waals surface area contributed by atoms with Crippen LogP contribution < -0.4 is 5.11 Å². The Labute approximate surface area is 316 Å². The van der Waals surface area contributed by atoms with Gasteiger partial charge in [0.15, 0.2) is 6.10 Å². The first kappa shape index (κ1) is 48.2. The van der Waals surface area contributed by atoms with Gasteiger partial charge in [-0.1, -0.05) is 137 Å². The number of unbranched alkanes of at least 4 members (excludes halogenated alkanes) is 8. The van der Waals surface area contributed by atoms with E-state index in [0.717, 1.165) is 38.5 Å². The maximum atomic E-state index is 12.6. The van der Waals surface area contributed by atoms with Crippen LogP contribution in [-0.4, -0.2) is 75.5 Å². The second kappa shape index (κ2) is 34.3. The number of carboxylic acids is 1. The number of hydrogen-bond acceptors (Lipinski definition) is 7. The molecular formula is C44H69NO7. The van der Waals surface area contributed by atoms with Crippen molar-refractivity contribution in [3.05, 3.63) is 97.2 Å². The SMILES string of the molecule is CC/C=C/C=C/C=C/C=C/C=C/C=C/C=C/CCCCCC(=O)OC(COCCC(C(=O)[O-])[N+](C)(C)C)COC(=O)CCC/C=C/CCCCCC. The number of nitrogens with zero attached hydrogens (tertiary/aromatic N) is 1. The van der Waals surface area contributed by atoms with Crippen LogP contribution in [0.2, 0.25) is 0 Å². The third kappa shape index (κ3) is 32.2. The van der Waals surface area contributed by atoms with Gasteiger partial charge in [0, 0.05) is 19.3 Å². The van der Waals surface area contributed by atoms with E-state index in [0.29, 0.717) is 12.8 Å². The minimum absolute atomic E-state index is 0.00628. The monoisotopic (exact) mass is 724 g/mol. The molecule has 0 aliphatic rings. The topological polar surface area (TPSA) is 102 Å². The normalized spacial score (nSPS) is 14.1. The number of ether oxygens (including phenoxy) is 3. The minimum atomic E-state index is -1.14. The summed E-state index contributed by atoms with van der Waals surface area (Å²) in [5, 5.41) is 11.6. The van der Waals surface area contributed by atoms with Crippen molar-refractivity contribution in [2.75, 3.05) is 41.0 Å². The molecule has 0 aromatic rings. The number of esters is 2. The number of likely N-dealkylation sites (N-methyl/N-ethyl adjacent to an activating group) is 1. The highest BCUT2D eigenvalue weighted by Gasteiger charge is 2.25. The number of carboxylic acid groups (broad SMARTS) is 1. The molecule has 0 aromatic heterocycles. The molecule has 2 atom stereocenters. The highest BCUT2D eigenvalue weighted by molar-refractivity contribution is 5.70. The van der Waals surface area contributed by atoms with E-state index in [2.05, 4.69) is 38.2 Å². The van der Waals surface area contributed by atoms with E-state index in [4.69, 9.17) is 14.2 Å². The third-order valence-electron chi connectivity index (χ3n) is 7.90. The van der Waals surface area contributed by atoms with Gasteiger partial charge in [-0.25, -0.2) is 0 Å². The van der Waals surface area contributed by atoms with Gasteiger partial charge in [-0.05, 0) is 51.4 Å². The average Bonchev–Trinajstić information content (AvgIpc) is 3.09. The van der Waals surface area contributed by atoms with E-state index < -0.39 is 18.1 Å². The highest BCUT2D eigenvalue weighted by atomic mass is 16.6. The van der Waals surface area contributed by atoms with Gasteiger partial charge in [0.2, 0.25) is 0 Å². The number of quaternary nitrogens is 1. The van der Waals surface area contributed by atoms with E-state index in [1.165, 1.54) is 25.7 Å². The lowest BCUT2D eigenvalue weighted by molar-refractivity contribution is -0.889. The van der Waals surface area contributed by atoms with E-state index in [1.807, 2.05) is 72.9 Å². The molecule has 0 amide bonds. The first-order chi connectivity index (χ1) is 25.1. The van der Waals surface area contributed by atoms with Crippen molar-refractivity contribution in [2.24, 2.45) is 0 Å². The standard InChI is InChI=1S/C44H69NO7/c1-6-8-10-12-14-16-17-18-19-20-21-22-23-24-25-27-29-31-33-35-43(47)52-40(38-50-37-36-41(44(48)49)45(3,4)5)39-51-42(46)34-32-30-28-26-15-13-11-9-7-2/h8,10,12,14,16-26,28,40-41H,6-7,9,11,13,15,27,29-39H2,1-5H3/b10-8+,14-12+,17-16+,19-18+,21-20+,23-22+,25-24+,28-26+. The molecule has 0 saturated heterocycles. The van der Waals surface area contributed by atoms with Crippen LogP contribution in [0.3, 0.4) is 0 Å². The van der Waals surface area contributed by atoms with Crippen molar-refractivity contribution in [3.8, 4) is 0 Å². The summed E-state index contributed by atoms with van der Waals surface area (Å²) in [5.41, 5.74) is 0. The van der Waals surface area contributed by atoms with E-state index in [1.54, 1.807) is 21.1 Å². The Bertz CT molecular complexity index is 1170. The van der Waals surface area contributed by atoms with Crippen LogP contribution in [0.25, 0.3) is 0 Å². The van der Waals surface area contributed by atoms with Crippen LogP contribution in [-0.2, 0) is 28.6 Å². The zero-order valence-electron chi connectivity index (χ0n) is 32.9. The quantitative estimate of drug-likeness (QED) is 0.0225. The van der Waals surface area contributed by atoms with Crippen LogP contribution in [0.15, 0.2) is 97.2 Å². The fraction of sp³-hybridized carbons (Fsp3) is 0.568. The Morgan fingerprint density at radius 3 is 1.67 bits per heavy atom. The van der Waals surface area contributed by atoms with Gasteiger partial charge in [0.1, 0.15) is 12.6 Å². The number of carbonyl (C=O) groups is 3. The Hall–Kier alpha value is -3.75. The van der Waals surface area contributed by atoms with Crippen LogP contribution in [0.5, 0.6) is 0 Å². The molecule has 0 rings (SSSR count). The van der Waals surface area contributed by atoms with Crippen LogP contribution >= 0.6 is 0 Å². The molecule has 0 aromatic carbocycles. The molecule has 292 valence electrons.